The Hall–Kier alpha value is -4.29. The minimum atomic E-state index is -4.55. The fourth-order valence-electron chi connectivity index (χ4n) is 5.02. The summed E-state index contributed by atoms with van der Waals surface area (Å²) in [7, 11) is 0. The summed E-state index contributed by atoms with van der Waals surface area (Å²) in [5.41, 5.74) is 3.39. The number of nitrogens with one attached hydrogen (secondary N) is 1. The maximum Gasteiger partial charge on any atom is 0.433 e. The van der Waals surface area contributed by atoms with E-state index in [4.69, 9.17) is 0 Å². The van der Waals surface area contributed by atoms with Crippen molar-refractivity contribution < 1.29 is 18.0 Å². The number of fused-ring (bicyclic) bond motifs is 1. The second kappa shape index (κ2) is 9.88. The Morgan fingerprint density at radius 1 is 1.21 bits per heavy atom. The average Bonchev–Trinajstić information content (AvgIpc) is 2.92. The molecule has 1 aromatic carbocycles. The van der Waals surface area contributed by atoms with Gasteiger partial charge in [0.1, 0.15) is 5.69 Å². The number of rotatable bonds is 4. The van der Waals surface area contributed by atoms with Crippen molar-refractivity contribution in [3.05, 3.63) is 107 Å². The lowest BCUT2D eigenvalue weighted by Crippen LogP contribution is -2.49. The van der Waals surface area contributed by atoms with E-state index in [1.54, 1.807) is 18.5 Å². The number of carbonyl (C=O) groups is 1. The molecule has 2 aliphatic rings. The van der Waals surface area contributed by atoms with Crippen LogP contribution in [0.25, 0.3) is 11.6 Å². The fourth-order valence-corrected chi connectivity index (χ4v) is 5.02. The molecule has 38 heavy (non-hydrogen) atoms. The third-order valence-electron chi connectivity index (χ3n) is 6.93. The summed E-state index contributed by atoms with van der Waals surface area (Å²) >= 11 is 0. The highest BCUT2D eigenvalue weighted by Crippen LogP contribution is 2.41. The number of hydrogen-bond acceptors (Lipinski definition) is 5. The summed E-state index contributed by atoms with van der Waals surface area (Å²) in [6, 6.07) is 13.6. The first-order valence-corrected chi connectivity index (χ1v) is 12.1. The Kier molecular flexibility index (Phi) is 6.59. The largest absolute Gasteiger partial charge is 0.433 e. The van der Waals surface area contributed by atoms with E-state index in [1.807, 2.05) is 36.5 Å². The third-order valence-corrected chi connectivity index (χ3v) is 6.93. The van der Waals surface area contributed by atoms with Gasteiger partial charge in [-0.05, 0) is 72.4 Å². The Morgan fingerprint density at radius 3 is 2.74 bits per heavy atom. The van der Waals surface area contributed by atoms with Crippen molar-refractivity contribution in [2.45, 2.75) is 37.5 Å². The number of alkyl halides is 3. The molecule has 2 aromatic heterocycles. The molecule has 3 aromatic rings. The average molecular weight is 516 g/mol. The van der Waals surface area contributed by atoms with E-state index in [1.165, 1.54) is 4.90 Å². The molecule has 3 heterocycles. The van der Waals surface area contributed by atoms with Crippen molar-refractivity contribution in [2.75, 3.05) is 6.54 Å². The molecule has 1 aliphatic heterocycles. The number of nitriles is 1. The Bertz CT molecular complexity index is 1470. The summed E-state index contributed by atoms with van der Waals surface area (Å²) in [5, 5.41) is 13.1. The molecule has 9 heteroatoms. The summed E-state index contributed by atoms with van der Waals surface area (Å²) in [5.74, 6) is -0.401. The van der Waals surface area contributed by atoms with Crippen LogP contribution in [-0.2, 0) is 11.7 Å². The number of hydrogen-bond donors (Lipinski definition) is 1. The van der Waals surface area contributed by atoms with Gasteiger partial charge in [0.25, 0.3) is 5.91 Å². The quantitative estimate of drug-likeness (QED) is 0.493. The van der Waals surface area contributed by atoms with Crippen LogP contribution in [0.4, 0.5) is 13.2 Å². The summed E-state index contributed by atoms with van der Waals surface area (Å²) in [6.45, 7) is 2.52. The number of carbonyl (C=O) groups excluding carboxylic acids is 1. The van der Waals surface area contributed by atoms with E-state index in [0.717, 1.165) is 40.6 Å². The van der Waals surface area contributed by atoms with Crippen molar-refractivity contribution in [1.82, 2.24) is 20.2 Å². The van der Waals surface area contributed by atoms with Gasteiger partial charge in [-0.1, -0.05) is 24.3 Å². The summed E-state index contributed by atoms with van der Waals surface area (Å²) in [6.07, 6.45) is 7.01. The first kappa shape index (κ1) is 25.4. The van der Waals surface area contributed by atoms with E-state index >= 15 is 0 Å². The monoisotopic (exact) mass is 515 g/mol. The van der Waals surface area contributed by atoms with Crippen molar-refractivity contribution in [1.29, 1.82) is 5.26 Å². The zero-order chi connectivity index (χ0) is 26.9. The van der Waals surface area contributed by atoms with Crippen LogP contribution < -0.4 is 5.32 Å². The molecule has 2 unspecified atom stereocenters. The smallest absolute Gasteiger partial charge is 0.315 e. The van der Waals surface area contributed by atoms with Crippen LogP contribution in [0.15, 0.2) is 73.3 Å². The minimum Gasteiger partial charge on any atom is -0.315 e. The standard InChI is InChI=1S/C29H24F3N5O/c1-28(15-23(14-21-7-10-34-18-25(21)28)20-4-2-3-19(13-20)16-33)36-24-8-11-37(12-9-24)27(38)22-5-6-26(35-17-22)29(30,31)32/h2-8,10-11,13-14,17-18,24,36H,9,12,15H2,1H3. The van der Waals surface area contributed by atoms with Gasteiger partial charge in [-0.2, -0.15) is 18.4 Å². The number of aromatic nitrogens is 2. The minimum absolute atomic E-state index is 0.0485. The van der Waals surface area contributed by atoms with Crippen LogP contribution in [0.5, 0.6) is 0 Å². The zero-order valence-corrected chi connectivity index (χ0v) is 20.5. The van der Waals surface area contributed by atoms with E-state index in [9.17, 15) is 23.2 Å². The molecular formula is C29H24F3N5O. The van der Waals surface area contributed by atoms with Crippen LogP contribution in [0.3, 0.4) is 0 Å². The molecule has 1 amide bonds. The van der Waals surface area contributed by atoms with Crippen molar-refractivity contribution >= 4 is 17.6 Å². The molecule has 0 radical (unpaired) electrons. The molecular weight excluding hydrogens is 491 g/mol. The maximum absolute atomic E-state index is 12.8. The highest BCUT2D eigenvalue weighted by atomic mass is 19.4. The van der Waals surface area contributed by atoms with Gasteiger partial charge in [0, 0.05) is 42.9 Å². The molecule has 1 aliphatic carbocycles. The molecule has 0 bridgehead atoms. The summed E-state index contributed by atoms with van der Waals surface area (Å²) < 4.78 is 38.4. The lowest BCUT2D eigenvalue weighted by molar-refractivity contribution is -0.141. The number of benzene rings is 1. The van der Waals surface area contributed by atoms with Crippen LogP contribution in [0, 0.1) is 11.3 Å². The first-order valence-electron chi connectivity index (χ1n) is 12.1. The van der Waals surface area contributed by atoms with E-state index < -0.39 is 23.3 Å². The van der Waals surface area contributed by atoms with Crippen molar-refractivity contribution in [3.8, 4) is 6.07 Å². The highest BCUT2D eigenvalue weighted by Gasteiger charge is 2.36. The van der Waals surface area contributed by atoms with Crippen molar-refractivity contribution in [3.63, 3.8) is 0 Å². The van der Waals surface area contributed by atoms with Gasteiger partial charge in [-0.25, -0.2) is 0 Å². The number of nitrogens with zero attached hydrogens (tertiary/aromatic N) is 4. The molecule has 2 atom stereocenters. The third kappa shape index (κ3) is 5.08. The van der Waals surface area contributed by atoms with Gasteiger partial charge in [-0.3, -0.25) is 14.8 Å². The van der Waals surface area contributed by atoms with E-state index in [0.29, 0.717) is 24.9 Å². The molecule has 5 rings (SSSR count). The van der Waals surface area contributed by atoms with Gasteiger partial charge in [-0.15, -0.1) is 0 Å². The molecule has 0 saturated carbocycles. The number of halogens is 3. The van der Waals surface area contributed by atoms with Gasteiger partial charge in [0.05, 0.1) is 17.2 Å². The SMILES string of the molecule is CC1(NC2C=CN(C(=O)c3ccc(C(F)(F)F)nc3)CC2)CC(c2cccc(C#N)c2)=Cc2ccncc21. The van der Waals surface area contributed by atoms with Gasteiger partial charge in [0.15, 0.2) is 0 Å². The maximum atomic E-state index is 12.8. The second-order valence-corrected chi connectivity index (χ2v) is 9.64. The van der Waals surface area contributed by atoms with Gasteiger partial charge < -0.3 is 10.2 Å². The molecule has 192 valence electrons. The van der Waals surface area contributed by atoms with E-state index in [2.05, 4.69) is 34.4 Å². The Balaban J connectivity index is 1.33. The molecule has 0 saturated heterocycles. The number of pyridine rings is 2. The molecule has 1 N–H and O–H groups in total. The Morgan fingerprint density at radius 2 is 2.05 bits per heavy atom. The van der Waals surface area contributed by atoms with Crippen LogP contribution in [0.1, 0.15) is 58.1 Å². The van der Waals surface area contributed by atoms with Crippen LogP contribution in [0.2, 0.25) is 0 Å². The van der Waals surface area contributed by atoms with E-state index in [-0.39, 0.29) is 11.6 Å². The molecule has 6 nitrogen and oxygen atoms in total. The molecule has 0 spiro atoms. The second-order valence-electron chi connectivity index (χ2n) is 9.64. The topological polar surface area (TPSA) is 81.9 Å². The lowest BCUT2D eigenvalue weighted by atomic mass is 9.76. The highest BCUT2D eigenvalue weighted by molar-refractivity contribution is 5.94. The summed E-state index contributed by atoms with van der Waals surface area (Å²) in [4.78, 5) is 22.1. The van der Waals surface area contributed by atoms with Crippen molar-refractivity contribution in [2.24, 2.45) is 0 Å². The van der Waals surface area contributed by atoms with Gasteiger partial charge >= 0.3 is 6.18 Å². The van der Waals surface area contributed by atoms with Crippen LogP contribution in [-0.4, -0.2) is 33.4 Å². The zero-order valence-electron chi connectivity index (χ0n) is 20.5. The Labute approximate surface area is 218 Å². The molecule has 0 fully saturated rings. The predicted molar refractivity (Wildman–Crippen MR) is 136 cm³/mol. The van der Waals surface area contributed by atoms with Gasteiger partial charge in [0.2, 0.25) is 0 Å². The fraction of sp³-hybridized carbons (Fsp3) is 0.241. The van der Waals surface area contributed by atoms with Crippen LogP contribution >= 0.6 is 0 Å². The lowest BCUT2D eigenvalue weighted by Gasteiger charge is -2.40. The number of amides is 1. The predicted octanol–water partition coefficient (Wildman–Crippen LogP) is 5.54. The first-order chi connectivity index (χ1) is 18.2. The normalized spacial score (nSPS) is 20.9.